The Labute approximate surface area is 83.3 Å². The molecular weight excluding hydrogens is 180 g/mol. The maximum absolute atomic E-state index is 11.4. The second kappa shape index (κ2) is 4.23. The summed E-state index contributed by atoms with van der Waals surface area (Å²) in [5, 5.41) is 2.59. The van der Waals surface area contributed by atoms with Gasteiger partial charge in [0.2, 0.25) is 5.91 Å². The highest BCUT2D eigenvalue weighted by atomic mass is 16.2. The zero-order valence-corrected chi connectivity index (χ0v) is 8.69. The van der Waals surface area contributed by atoms with Gasteiger partial charge >= 0.3 is 0 Å². The fourth-order valence-corrected chi connectivity index (χ4v) is 1.33. The van der Waals surface area contributed by atoms with Gasteiger partial charge in [-0.2, -0.15) is 0 Å². The van der Waals surface area contributed by atoms with Crippen LogP contribution in [0, 0.1) is 0 Å². The molecule has 1 amide bonds. The van der Waals surface area contributed by atoms with Crippen molar-refractivity contribution in [2.24, 2.45) is 5.73 Å². The van der Waals surface area contributed by atoms with Gasteiger partial charge in [0.25, 0.3) is 0 Å². The van der Waals surface area contributed by atoms with Gasteiger partial charge in [0.15, 0.2) is 0 Å². The second-order valence-corrected chi connectivity index (χ2v) is 3.30. The standard InChI is InChI=1S/C9H16N4O/c1-6(10)8-4-12-5-13(8)7(2)9(14)11-3/h4-7H,10H2,1-3H3,(H,11,14)/t6-,7?/m1/s1. The molecule has 0 saturated carbocycles. The number of nitrogens with two attached hydrogens (primary N) is 1. The quantitative estimate of drug-likeness (QED) is 0.725. The largest absolute Gasteiger partial charge is 0.357 e. The molecule has 0 aromatic carbocycles. The van der Waals surface area contributed by atoms with E-state index in [4.69, 9.17) is 5.73 Å². The number of carbonyl (C=O) groups excluding carboxylic acids is 1. The summed E-state index contributed by atoms with van der Waals surface area (Å²) in [6.07, 6.45) is 3.31. The molecule has 1 aromatic heterocycles. The molecular formula is C9H16N4O. The molecule has 0 aliphatic carbocycles. The highest BCUT2D eigenvalue weighted by molar-refractivity contribution is 5.79. The van der Waals surface area contributed by atoms with Crippen molar-refractivity contribution in [3.63, 3.8) is 0 Å². The molecule has 3 N–H and O–H groups in total. The topological polar surface area (TPSA) is 72.9 Å². The average molecular weight is 196 g/mol. The molecule has 2 atom stereocenters. The van der Waals surface area contributed by atoms with E-state index in [-0.39, 0.29) is 18.0 Å². The van der Waals surface area contributed by atoms with Crippen LogP contribution in [0.1, 0.15) is 31.6 Å². The third kappa shape index (κ3) is 1.93. The number of amides is 1. The number of nitrogens with zero attached hydrogens (tertiary/aromatic N) is 2. The van der Waals surface area contributed by atoms with Crippen molar-refractivity contribution >= 4 is 5.91 Å². The highest BCUT2D eigenvalue weighted by Gasteiger charge is 2.17. The lowest BCUT2D eigenvalue weighted by atomic mass is 10.2. The van der Waals surface area contributed by atoms with Gasteiger partial charge in [0, 0.05) is 19.3 Å². The van der Waals surface area contributed by atoms with Gasteiger partial charge < -0.3 is 15.6 Å². The first-order valence-electron chi connectivity index (χ1n) is 4.56. The van der Waals surface area contributed by atoms with Gasteiger partial charge in [-0.25, -0.2) is 4.98 Å². The zero-order chi connectivity index (χ0) is 10.7. The van der Waals surface area contributed by atoms with E-state index in [1.54, 1.807) is 24.1 Å². The Bertz CT molecular complexity index is 318. The van der Waals surface area contributed by atoms with Crippen molar-refractivity contribution in [1.29, 1.82) is 0 Å². The van der Waals surface area contributed by atoms with Crippen molar-refractivity contribution in [3.05, 3.63) is 18.2 Å². The molecule has 1 heterocycles. The summed E-state index contributed by atoms with van der Waals surface area (Å²) < 4.78 is 1.78. The van der Waals surface area contributed by atoms with Crippen LogP contribution in [0.2, 0.25) is 0 Å². The predicted octanol–water partition coefficient (Wildman–Crippen LogP) is 0.210. The van der Waals surface area contributed by atoms with Crippen molar-refractivity contribution in [3.8, 4) is 0 Å². The zero-order valence-electron chi connectivity index (χ0n) is 8.69. The molecule has 0 aliphatic heterocycles. The van der Waals surface area contributed by atoms with Crippen LogP contribution in [0.5, 0.6) is 0 Å². The summed E-state index contributed by atoms with van der Waals surface area (Å²) in [7, 11) is 1.61. The van der Waals surface area contributed by atoms with Crippen molar-refractivity contribution in [2.45, 2.75) is 25.9 Å². The van der Waals surface area contributed by atoms with E-state index in [0.717, 1.165) is 5.69 Å². The van der Waals surface area contributed by atoms with E-state index in [0.29, 0.717) is 0 Å². The van der Waals surface area contributed by atoms with Crippen LogP contribution in [0.25, 0.3) is 0 Å². The minimum absolute atomic E-state index is 0.0510. The first kappa shape index (κ1) is 10.7. The summed E-state index contributed by atoms with van der Waals surface area (Å²) in [4.78, 5) is 15.4. The molecule has 1 aromatic rings. The van der Waals surface area contributed by atoms with E-state index in [1.165, 1.54) is 0 Å². The summed E-state index contributed by atoms with van der Waals surface area (Å²) in [6.45, 7) is 3.68. The first-order chi connectivity index (χ1) is 6.57. The van der Waals surface area contributed by atoms with Crippen LogP contribution in [0.4, 0.5) is 0 Å². The maximum atomic E-state index is 11.4. The molecule has 0 spiro atoms. The number of hydrogen-bond acceptors (Lipinski definition) is 3. The predicted molar refractivity (Wildman–Crippen MR) is 53.6 cm³/mol. The first-order valence-corrected chi connectivity index (χ1v) is 4.56. The van der Waals surface area contributed by atoms with Crippen molar-refractivity contribution in [2.75, 3.05) is 7.05 Å². The molecule has 0 aliphatic rings. The van der Waals surface area contributed by atoms with Gasteiger partial charge in [-0.3, -0.25) is 4.79 Å². The number of rotatable bonds is 3. The molecule has 0 radical (unpaired) electrons. The van der Waals surface area contributed by atoms with E-state index in [9.17, 15) is 4.79 Å². The Morgan fingerprint density at radius 2 is 2.29 bits per heavy atom. The van der Waals surface area contributed by atoms with Gasteiger partial charge in [-0.15, -0.1) is 0 Å². The molecule has 14 heavy (non-hydrogen) atoms. The molecule has 1 unspecified atom stereocenters. The third-order valence-corrected chi connectivity index (χ3v) is 2.21. The lowest BCUT2D eigenvalue weighted by Gasteiger charge is -2.16. The van der Waals surface area contributed by atoms with Crippen LogP contribution >= 0.6 is 0 Å². The lowest BCUT2D eigenvalue weighted by Crippen LogP contribution is -2.29. The molecule has 0 bridgehead atoms. The van der Waals surface area contributed by atoms with Gasteiger partial charge in [-0.05, 0) is 13.8 Å². The number of nitrogens with one attached hydrogen (secondary N) is 1. The number of imidazole rings is 1. The van der Waals surface area contributed by atoms with E-state index in [2.05, 4.69) is 10.3 Å². The van der Waals surface area contributed by atoms with E-state index in [1.807, 2.05) is 13.8 Å². The smallest absolute Gasteiger partial charge is 0.242 e. The molecule has 5 heteroatoms. The fraction of sp³-hybridized carbons (Fsp3) is 0.556. The molecule has 78 valence electrons. The average Bonchev–Trinajstić information content (AvgIpc) is 2.63. The summed E-state index contributed by atoms with van der Waals surface area (Å²) in [5.41, 5.74) is 6.61. The maximum Gasteiger partial charge on any atom is 0.242 e. The summed E-state index contributed by atoms with van der Waals surface area (Å²) >= 11 is 0. The Morgan fingerprint density at radius 3 is 2.79 bits per heavy atom. The van der Waals surface area contributed by atoms with Gasteiger partial charge in [-0.1, -0.05) is 0 Å². The number of carbonyl (C=O) groups is 1. The molecule has 1 rings (SSSR count). The lowest BCUT2D eigenvalue weighted by molar-refractivity contribution is -0.123. The fourth-order valence-electron chi connectivity index (χ4n) is 1.33. The van der Waals surface area contributed by atoms with E-state index < -0.39 is 0 Å². The Kier molecular flexibility index (Phi) is 3.24. The number of hydrogen-bond donors (Lipinski definition) is 2. The van der Waals surface area contributed by atoms with Crippen molar-refractivity contribution < 1.29 is 4.79 Å². The van der Waals surface area contributed by atoms with Crippen LogP contribution in [0.3, 0.4) is 0 Å². The normalized spacial score (nSPS) is 14.9. The van der Waals surface area contributed by atoms with Crippen LogP contribution < -0.4 is 11.1 Å². The Hall–Kier alpha value is -1.36. The molecule has 0 saturated heterocycles. The highest BCUT2D eigenvalue weighted by Crippen LogP contribution is 2.14. The SMILES string of the molecule is CNC(=O)C(C)n1cncc1[C@@H](C)N. The minimum atomic E-state index is -0.275. The van der Waals surface area contributed by atoms with E-state index >= 15 is 0 Å². The van der Waals surface area contributed by atoms with Crippen LogP contribution in [0.15, 0.2) is 12.5 Å². The second-order valence-electron chi connectivity index (χ2n) is 3.30. The summed E-state index contributed by atoms with van der Waals surface area (Å²) in [5.74, 6) is -0.0510. The number of aromatic nitrogens is 2. The Balaban J connectivity index is 2.94. The van der Waals surface area contributed by atoms with Crippen LogP contribution in [-0.4, -0.2) is 22.5 Å². The molecule has 0 fully saturated rings. The Morgan fingerprint density at radius 1 is 1.64 bits per heavy atom. The van der Waals surface area contributed by atoms with Gasteiger partial charge in [0.05, 0.1) is 12.0 Å². The van der Waals surface area contributed by atoms with Crippen molar-refractivity contribution in [1.82, 2.24) is 14.9 Å². The molecule has 5 nitrogen and oxygen atoms in total. The van der Waals surface area contributed by atoms with Crippen LogP contribution in [-0.2, 0) is 4.79 Å². The summed E-state index contributed by atoms with van der Waals surface area (Å²) in [6, 6.07) is -0.395. The minimum Gasteiger partial charge on any atom is -0.357 e. The monoisotopic (exact) mass is 196 g/mol. The third-order valence-electron chi connectivity index (χ3n) is 2.21. The number of likely N-dealkylation sites (N-methyl/N-ethyl adjacent to an activating group) is 1. The van der Waals surface area contributed by atoms with Gasteiger partial charge in [0.1, 0.15) is 6.04 Å².